The predicted octanol–water partition coefficient (Wildman–Crippen LogP) is 2.44. The first kappa shape index (κ1) is 11.4. The summed E-state index contributed by atoms with van der Waals surface area (Å²) in [6, 6.07) is 7.49. The number of nitrogens with one attached hydrogen (secondary N) is 1. The van der Waals surface area contributed by atoms with Crippen LogP contribution in [-0.4, -0.2) is 21.0 Å². The minimum Gasteiger partial charge on any atom is -0.481 e. The van der Waals surface area contributed by atoms with E-state index in [-0.39, 0.29) is 0 Å². The van der Waals surface area contributed by atoms with Gasteiger partial charge in [0.2, 0.25) is 0 Å². The van der Waals surface area contributed by atoms with E-state index in [1.54, 1.807) is 26.4 Å². The third-order valence-corrected chi connectivity index (χ3v) is 2.93. The molecule has 0 spiro atoms. The average Bonchev–Trinajstić information content (AvgIpc) is 2.82. The molecule has 4 heteroatoms. The summed E-state index contributed by atoms with van der Waals surface area (Å²) in [7, 11) is 0. The van der Waals surface area contributed by atoms with Crippen molar-refractivity contribution in [3.8, 4) is 11.3 Å². The highest BCUT2D eigenvalue weighted by atomic mass is 16.4. The van der Waals surface area contributed by atoms with Crippen LogP contribution in [0, 0.1) is 0 Å². The van der Waals surface area contributed by atoms with E-state index in [9.17, 15) is 9.90 Å². The quantitative estimate of drug-likeness (QED) is 0.851. The molecule has 2 N–H and O–H groups in total. The van der Waals surface area contributed by atoms with Crippen LogP contribution in [0.5, 0.6) is 0 Å². The highest BCUT2D eigenvalue weighted by Crippen LogP contribution is 2.27. The summed E-state index contributed by atoms with van der Waals surface area (Å²) in [5.41, 5.74) is 1.70. The Morgan fingerprint density at radius 2 is 2.18 bits per heavy atom. The smallest absolute Gasteiger partial charge is 0.313 e. The van der Waals surface area contributed by atoms with Crippen LogP contribution in [0.2, 0.25) is 0 Å². The molecule has 0 unspecified atom stereocenters. The van der Waals surface area contributed by atoms with Crippen LogP contribution in [-0.2, 0) is 10.2 Å². The molecule has 0 aliphatic heterocycles. The Balaban J connectivity index is 2.46. The number of imidazole rings is 1. The Kier molecular flexibility index (Phi) is 2.71. The predicted molar refractivity (Wildman–Crippen MR) is 64.7 cm³/mol. The lowest BCUT2D eigenvalue weighted by atomic mass is 9.84. The molecule has 2 aromatic rings. The number of H-pyrrole nitrogens is 1. The fraction of sp³-hybridized carbons (Fsp3) is 0.231. The van der Waals surface area contributed by atoms with Gasteiger partial charge in [0.25, 0.3) is 0 Å². The van der Waals surface area contributed by atoms with Crippen LogP contribution in [0.1, 0.15) is 19.4 Å². The minimum absolute atomic E-state index is 0.775. The van der Waals surface area contributed by atoms with Crippen molar-refractivity contribution in [3.63, 3.8) is 0 Å². The Bertz CT molecular complexity index is 530. The monoisotopic (exact) mass is 230 g/mol. The van der Waals surface area contributed by atoms with Gasteiger partial charge in [-0.05, 0) is 31.0 Å². The van der Waals surface area contributed by atoms with Crippen LogP contribution in [0.3, 0.4) is 0 Å². The van der Waals surface area contributed by atoms with Crippen molar-refractivity contribution < 1.29 is 9.90 Å². The number of benzene rings is 1. The summed E-state index contributed by atoms with van der Waals surface area (Å²) in [5.74, 6) is -0.834. The number of carboxylic acids is 1. The molecule has 88 valence electrons. The second-order valence-electron chi connectivity index (χ2n) is 4.48. The molecule has 1 aromatic heterocycles. The van der Waals surface area contributed by atoms with Crippen molar-refractivity contribution in [2.75, 3.05) is 0 Å². The molecule has 0 radical (unpaired) electrons. The van der Waals surface area contributed by atoms with E-state index >= 15 is 0 Å². The van der Waals surface area contributed by atoms with Gasteiger partial charge in [-0.25, -0.2) is 4.98 Å². The summed E-state index contributed by atoms with van der Waals surface area (Å²) >= 11 is 0. The molecule has 0 amide bonds. The van der Waals surface area contributed by atoms with Gasteiger partial charge >= 0.3 is 5.97 Å². The molecule has 17 heavy (non-hydrogen) atoms. The van der Waals surface area contributed by atoms with Crippen molar-refractivity contribution in [3.05, 3.63) is 42.4 Å². The van der Waals surface area contributed by atoms with E-state index in [1.807, 2.05) is 24.3 Å². The van der Waals surface area contributed by atoms with Crippen molar-refractivity contribution in [2.45, 2.75) is 19.3 Å². The Hall–Kier alpha value is -2.10. The molecular weight excluding hydrogens is 216 g/mol. The molecule has 0 saturated carbocycles. The molecule has 2 rings (SSSR count). The van der Waals surface area contributed by atoms with Gasteiger partial charge in [0, 0.05) is 0 Å². The first-order valence-electron chi connectivity index (χ1n) is 5.34. The Morgan fingerprint density at radius 3 is 2.76 bits per heavy atom. The number of carbonyl (C=O) groups is 1. The van der Waals surface area contributed by atoms with Gasteiger partial charge in [0.15, 0.2) is 0 Å². The highest BCUT2D eigenvalue weighted by Gasteiger charge is 2.29. The van der Waals surface area contributed by atoms with Gasteiger partial charge in [0.05, 0.1) is 23.6 Å². The summed E-state index contributed by atoms with van der Waals surface area (Å²) < 4.78 is 0. The molecule has 1 heterocycles. The fourth-order valence-corrected chi connectivity index (χ4v) is 1.61. The third kappa shape index (κ3) is 2.06. The number of aromatic nitrogens is 2. The molecular formula is C13H14N2O2. The zero-order valence-electron chi connectivity index (χ0n) is 9.77. The lowest BCUT2D eigenvalue weighted by Crippen LogP contribution is -2.28. The first-order chi connectivity index (χ1) is 8.01. The molecule has 0 aliphatic rings. The maximum absolute atomic E-state index is 11.2. The normalized spacial score (nSPS) is 11.4. The van der Waals surface area contributed by atoms with Crippen LogP contribution in [0.4, 0.5) is 0 Å². The van der Waals surface area contributed by atoms with E-state index < -0.39 is 11.4 Å². The molecule has 0 atom stereocenters. The van der Waals surface area contributed by atoms with Crippen molar-refractivity contribution in [1.82, 2.24) is 9.97 Å². The SMILES string of the molecule is CC(C)(C(=O)O)c1cccc(-c2cnc[nH]2)c1. The molecule has 0 bridgehead atoms. The summed E-state index contributed by atoms with van der Waals surface area (Å²) in [6.07, 6.45) is 3.32. The highest BCUT2D eigenvalue weighted by molar-refractivity contribution is 5.81. The van der Waals surface area contributed by atoms with Crippen molar-refractivity contribution in [2.24, 2.45) is 0 Å². The summed E-state index contributed by atoms with van der Waals surface area (Å²) in [4.78, 5) is 18.2. The van der Waals surface area contributed by atoms with Crippen LogP contribution in [0.25, 0.3) is 11.3 Å². The van der Waals surface area contributed by atoms with Crippen LogP contribution >= 0.6 is 0 Å². The lowest BCUT2D eigenvalue weighted by molar-refractivity contribution is -0.142. The van der Waals surface area contributed by atoms with Gasteiger partial charge in [0.1, 0.15) is 0 Å². The maximum Gasteiger partial charge on any atom is 0.313 e. The standard InChI is InChI=1S/C13H14N2O2/c1-13(2,12(16)17)10-5-3-4-9(6-10)11-7-14-8-15-11/h3-8H,1-2H3,(H,14,15)(H,16,17). The van der Waals surface area contributed by atoms with Gasteiger partial charge in [-0.3, -0.25) is 4.79 Å². The van der Waals surface area contributed by atoms with E-state index in [0.29, 0.717) is 0 Å². The topological polar surface area (TPSA) is 66.0 Å². The maximum atomic E-state index is 11.2. The van der Waals surface area contributed by atoms with Crippen molar-refractivity contribution >= 4 is 5.97 Å². The average molecular weight is 230 g/mol. The molecule has 1 aromatic carbocycles. The number of aromatic amines is 1. The number of hydrogen-bond acceptors (Lipinski definition) is 2. The number of rotatable bonds is 3. The van der Waals surface area contributed by atoms with Gasteiger partial charge in [-0.1, -0.05) is 18.2 Å². The van der Waals surface area contributed by atoms with E-state index in [1.165, 1.54) is 0 Å². The minimum atomic E-state index is -0.893. The van der Waals surface area contributed by atoms with Crippen LogP contribution < -0.4 is 0 Å². The largest absolute Gasteiger partial charge is 0.481 e. The van der Waals surface area contributed by atoms with E-state index in [4.69, 9.17) is 0 Å². The second kappa shape index (κ2) is 4.05. The van der Waals surface area contributed by atoms with E-state index in [0.717, 1.165) is 16.8 Å². The first-order valence-corrected chi connectivity index (χ1v) is 5.34. The number of nitrogens with zero attached hydrogens (tertiary/aromatic N) is 1. The van der Waals surface area contributed by atoms with Crippen LogP contribution in [0.15, 0.2) is 36.8 Å². The molecule has 4 nitrogen and oxygen atoms in total. The Morgan fingerprint density at radius 1 is 1.41 bits per heavy atom. The Labute approximate surface area is 99.3 Å². The number of carboxylic acid groups (broad SMARTS) is 1. The summed E-state index contributed by atoms with van der Waals surface area (Å²) in [5, 5.41) is 9.20. The molecule has 0 saturated heterocycles. The number of aliphatic carboxylic acids is 1. The second-order valence-corrected chi connectivity index (χ2v) is 4.48. The molecule has 0 aliphatic carbocycles. The summed E-state index contributed by atoms with van der Waals surface area (Å²) in [6.45, 7) is 3.39. The lowest BCUT2D eigenvalue weighted by Gasteiger charge is -2.20. The zero-order valence-corrected chi connectivity index (χ0v) is 9.77. The van der Waals surface area contributed by atoms with Gasteiger partial charge in [-0.2, -0.15) is 0 Å². The zero-order chi connectivity index (χ0) is 12.5. The fourth-order valence-electron chi connectivity index (χ4n) is 1.61. The number of hydrogen-bond donors (Lipinski definition) is 2. The molecule has 0 fully saturated rings. The van der Waals surface area contributed by atoms with Gasteiger partial charge in [-0.15, -0.1) is 0 Å². The van der Waals surface area contributed by atoms with Crippen molar-refractivity contribution in [1.29, 1.82) is 0 Å². The van der Waals surface area contributed by atoms with Gasteiger partial charge < -0.3 is 10.1 Å². The van der Waals surface area contributed by atoms with E-state index in [2.05, 4.69) is 9.97 Å². The third-order valence-electron chi connectivity index (χ3n) is 2.93.